The van der Waals surface area contributed by atoms with Crippen LogP contribution < -0.4 is 14.8 Å². The maximum atomic E-state index is 12.6. The fourth-order valence-electron chi connectivity index (χ4n) is 2.29. The molecule has 1 aromatic carbocycles. The smallest absolute Gasteiger partial charge is 0.255 e. The largest absolute Gasteiger partial charge is 0.497 e. The molecule has 0 aliphatic rings. The second kappa shape index (κ2) is 8.05. The van der Waals surface area contributed by atoms with E-state index in [1.807, 2.05) is 18.5 Å². The van der Waals surface area contributed by atoms with Gasteiger partial charge in [-0.1, -0.05) is 18.7 Å². The highest BCUT2D eigenvalue weighted by Crippen LogP contribution is 2.25. The maximum Gasteiger partial charge on any atom is 0.255 e. The van der Waals surface area contributed by atoms with Crippen molar-refractivity contribution in [1.82, 2.24) is 20.1 Å². The van der Waals surface area contributed by atoms with Crippen LogP contribution in [0.2, 0.25) is 0 Å². The Hall–Kier alpha value is -2.22. The maximum absolute atomic E-state index is 12.6. The molecule has 2 aromatic rings. The zero-order chi connectivity index (χ0) is 17.7. The van der Waals surface area contributed by atoms with Crippen molar-refractivity contribution >= 4 is 17.7 Å². The van der Waals surface area contributed by atoms with Crippen molar-refractivity contribution in [3.8, 4) is 11.5 Å². The molecule has 0 unspecified atom stereocenters. The van der Waals surface area contributed by atoms with Crippen LogP contribution in [0.3, 0.4) is 0 Å². The molecule has 1 heterocycles. The minimum absolute atomic E-state index is 0.258. The van der Waals surface area contributed by atoms with Gasteiger partial charge in [-0.15, -0.1) is 10.2 Å². The fraction of sp³-hybridized carbons (Fsp3) is 0.438. The Morgan fingerprint density at radius 3 is 2.71 bits per heavy atom. The number of nitrogens with one attached hydrogen (secondary N) is 1. The van der Waals surface area contributed by atoms with Gasteiger partial charge in [0.25, 0.3) is 5.91 Å². The number of ether oxygens (including phenoxy) is 2. The Labute approximate surface area is 145 Å². The van der Waals surface area contributed by atoms with E-state index < -0.39 is 0 Å². The SMILES string of the molecule is CCSc1nnc([C@@H](C)NC(=O)c2cc(OC)ccc2OC)n1C. The van der Waals surface area contributed by atoms with Crippen LogP contribution in [0.25, 0.3) is 0 Å². The molecule has 2 rings (SSSR count). The Kier molecular flexibility index (Phi) is 6.08. The zero-order valence-electron chi connectivity index (χ0n) is 14.5. The van der Waals surface area contributed by atoms with Crippen molar-refractivity contribution < 1.29 is 14.3 Å². The molecule has 0 bridgehead atoms. The summed E-state index contributed by atoms with van der Waals surface area (Å²) in [5, 5.41) is 12.1. The van der Waals surface area contributed by atoms with Crippen molar-refractivity contribution in [1.29, 1.82) is 0 Å². The van der Waals surface area contributed by atoms with E-state index in [1.165, 1.54) is 7.11 Å². The molecular weight excluding hydrogens is 328 g/mol. The van der Waals surface area contributed by atoms with E-state index in [9.17, 15) is 4.79 Å². The normalized spacial score (nSPS) is 11.9. The van der Waals surface area contributed by atoms with E-state index in [2.05, 4.69) is 22.4 Å². The van der Waals surface area contributed by atoms with Gasteiger partial charge in [-0.05, 0) is 30.9 Å². The Balaban J connectivity index is 2.20. The molecule has 1 atom stereocenters. The first-order valence-corrected chi connectivity index (χ1v) is 8.55. The van der Waals surface area contributed by atoms with Crippen LogP contribution in [0, 0.1) is 0 Å². The summed E-state index contributed by atoms with van der Waals surface area (Å²) in [6, 6.07) is 4.81. The highest BCUT2D eigenvalue weighted by Gasteiger charge is 2.20. The summed E-state index contributed by atoms with van der Waals surface area (Å²) < 4.78 is 12.3. The summed E-state index contributed by atoms with van der Waals surface area (Å²) >= 11 is 1.61. The van der Waals surface area contributed by atoms with Crippen molar-refractivity contribution in [2.24, 2.45) is 7.05 Å². The Bertz CT molecular complexity index is 717. The third kappa shape index (κ3) is 3.81. The first-order chi connectivity index (χ1) is 11.5. The molecule has 1 amide bonds. The lowest BCUT2D eigenvalue weighted by Gasteiger charge is -2.15. The van der Waals surface area contributed by atoms with Gasteiger partial charge in [-0.3, -0.25) is 4.79 Å². The molecule has 7 nitrogen and oxygen atoms in total. The molecule has 24 heavy (non-hydrogen) atoms. The third-order valence-electron chi connectivity index (χ3n) is 3.53. The molecule has 0 fully saturated rings. The van der Waals surface area contributed by atoms with Gasteiger partial charge < -0.3 is 19.4 Å². The van der Waals surface area contributed by atoms with Crippen molar-refractivity contribution in [3.63, 3.8) is 0 Å². The molecule has 130 valence electrons. The summed E-state index contributed by atoms with van der Waals surface area (Å²) in [6.07, 6.45) is 0. The summed E-state index contributed by atoms with van der Waals surface area (Å²) in [5.74, 6) is 2.43. The number of methoxy groups -OCH3 is 2. The average Bonchev–Trinajstić information content (AvgIpc) is 2.95. The van der Waals surface area contributed by atoms with Crippen molar-refractivity contribution in [2.75, 3.05) is 20.0 Å². The van der Waals surface area contributed by atoms with Gasteiger partial charge in [0.2, 0.25) is 0 Å². The van der Waals surface area contributed by atoms with Gasteiger partial charge in [-0.2, -0.15) is 0 Å². The summed E-state index contributed by atoms with van der Waals surface area (Å²) in [7, 11) is 4.97. The molecular formula is C16H22N4O3S. The average molecular weight is 350 g/mol. The molecule has 0 radical (unpaired) electrons. The van der Waals surface area contributed by atoms with Gasteiger partial charge in [0.1, 0.15) is 11.5 Å². The highest BCUT2D eigenvalue weighted by atomic mass is 32.2. The minimum atomic E-state index is -0.294. The monoisotopic (exact) mass is 350 g/mol. The second-order valence-corrected chi connectivity index (χ2v) is 6.33. The number of carbonyl (C=O) groups is 1. The molecule has 1 N–H and O–H groups in total. The molecule has 1 aromatic heterocycles. The number of hydrogen-bond donors (Lipinski definition) is 1. The number of nitrogens with zero attached hydrogens (tertiary/aromatic N) is 3. The second-order valence-electron chi connectivity index (χ2n) is 5.09. The molecule has 8 heteroatoms. The van der Waals surface area contributed by atoms with Crippen molar-refractivity contribution in [3.05, 3.63) is 29.6 Å². The number of benzene rings is 1. The van der Waals surface area contributed by atoms with E-state index in [0.717, 1.165) is 10.9 Å². The van der Waals surface area contributed by atoms with Crippen LogP contribution in [0.4, 0.5) is 0 Å². The predicted molar refractivity (Wildman–Crippen MR) is 92.8 cm³/mol. The van der Waals surface area contributed by atoms with Crippen LogP contribution in [-0.2, 0) is 7.05 Å². The minimum Gasteiger partial charge on any atom is -0.497 e. The number of aromatic nitrogens is 3. The lowest BCUT2D eigenvalue weighted by molar-refractivity contribution is 0.0934. The first kappa shape index (κ1) is 18.1. The van der Waals surface area contributed by atoms with Gasteiger partial charge in [0, 0.05) is 7.05 Å². The zero-order valence-corrected chi connectivity index (χ0v) is 15.3. The quantitative estimate of drug-likeness (QED) is 0.773. The summed E-state index contributed by atoms with van der Waals surface area (Å²) in [6.45, 7) is 3.92. The van der Waals surface area contributed by atoms with Crippen LogP contribution in [0.5, 0.6) is 11.5 Å². The molecule has 0 saturated heterocycles. The first-order valence-electron chi connectivity index (χ1n) is 7.56. The van der Waals surface area contributed by atoms with Crippen LogP contribution in [-0.4, -0.2) is 40.6 Å². The fourth-order valence-corrected chi connectivity index (χ4v) is 2.93. The number of thioether (sulfide) groups is 1. The van der Waals surface area contributed by atoms with Crippen LogP contribution >= 0.6 is 11.8 Å². The van der Waals surface area contributed by atoms with Gasteiger partial charge in [0.05, 0.1) is 25.8 Å². The van der Waals surface area contributed by atoms with E-state index in [0.29, 0.717) is 22.9 Å². The van der Waals surface area contributed by atoms with Gasteiger partial charge in [-0.25, -0.2) is 0 Å². The van der Waals surface area contributed by atoms with E-state index in [1.54, 1.807) is 37.1 Å². The highest BCUT2D eigenvalue weighted by molar-refractivity contribution is 7.99. The lowest BCUT2D eigenvalue weighted by atomic mass is 10.1. The van der Waals surface area contributed by atoms with Gasteiger partial charge >= 0.3 is 0 Å². The van der Waals surface area contributed by atoms with Crippen molar-refractivity contribution in [2.45, 2.75) is 25.0 Å². The number of rotatable bonds is 7. The number of carbonyl (C=O) groups excluding carboxylic acids is 1. The van der Waals surface area contributed by atoms with Gasteiger partial charge in [0.15, 0.2) is 11.0 Å². The van der Waals surface area contributed by atoms with Crippen LogP contribution in [0.15, 0.2) is 23.4 Å². The number of amides is 1. The van der Waals surface area contributed by atoms with E-state index >= 15 is 0 Å². The molecule has 0 saturated carbocycles. The third-order valence-corrected chi connectivity index (χ3v) is 4.43. The standard InChI is InChI=1S/C16H22N4O3S/c1-6-24-16-19-18-14(20(16)3)10(2)17-15(21)12-9-11(22-4)7-8-13(12)23-5/h7-10H,6H2,1-5H3,(H,17,21)/t10-/m1/s1. The Morgan fingerprint density at radius 2 is 2.08 bits per heavy atom. The number of hydrogen-bond acceptors (Lipinski definition) is 6. The molecule has 0 aliphatic heterocycles. The predicted octanol–water partition coefficient (Wildman–Crippen LogP) is 2.44. The van der Waals surface area contributed by atoms with Crippen LogP contribution in [0.1, 0.15) is 36.1 Å². The Morgan fingerprint density at radius 1 is 1.33 bits per heavy atom. The molecule has 0 aliphatic carbocycles. The van der Waals surface area contributed by atoms with E-state index in [4.69, 9.17) is 9.47 Å². The molecule has 0 spiro atoms. The lowest BCUT2D eigenvalue weighted by Crippen LogP contribution is -2.28. The topological polar surface area (TPSA) is 78.3 Å². The van der Waals surface area contributed by atoms with E-state index in [-0.39, 0.29) is 11.9 Å². The summed E-state index contributed by atoms with van der Waals surface area (Å²) in [4.78, 5) is 12.6. The summed E-state index contributed by atoms with van der Waals surface area (Å²) in [5.41, 5.74) is 0.411.